The number of nitrogens with zero attached hydrogens (tertiary/aromatic N) is 3. The summed E-state index contributed by atoms with van der Waals surface area (Å²) in [6.07, 6.45) is 1.64. The van der Waals surface area contributed by atoms with Crippen LogP contribution in [0.25, 0.3) is 0 Å². The molecule has 0 fully saturated rings. The number of carboxylic acids is 1. The summed E-state index contributed by atoms with van der Waals surface area (Å²) in [6.45, 7) is 1.23. The van der Waals surface area contributed by atoms with E-state index >= 15 is 0 Å². The van der Waals surface area contributed by atoms with E-state index < -0.39 is 28.3 Å². The summed E-state index contributed by atoms with van der Waals surface area (Å²) in [5.74, 6) is -1.26. The van der Waals surface area contributed by atoms with E-state index in [1.807, 2.05) is 0 Å². The fourth-order valence-corrected chi connectivity index (χ4v) is 0.910. The Morgan fingerprint density at radius 2 is 2.33 bits per heavy atom. The fraction of sp³-hybridized carbons (Fsp3) is 0.286. The van der Waals surface area contributed by atoms with Crippen molar-refractivity contribution in [1.82, 2.24) is 9.55 Å². The number of aliphatic carboxylic acids is 1. The van der Waals surface area contributed by atoms with Gasteiger partial charge in [-0.15, -0.1) is 0 Å². The van der Waals surface area contributed by atoms with Gasteiger partial charge in [-0.1, -0.05) is 0 Å². The molecule has 1 aromatic rings. The van der Waals surface area contributed by atoms with Crippen molar-refractivity contribution in [2.45, 2.75) is 13.0 Å². The molecule has 1 atom stereocenters. The van der Waals surface area contributed by atoms with Gasteiger partial charge >= 0.3 is 17.3 Å². The van der Waals surface area contributed by atoms with Gasteiger partial charge in [0.2, 0.25) is 0 Å². The molecule has 1 rings (SSSR count). The van der Waals surface area contributed by atoms with Gasteiger partial charge in [0.05, 0.1) is 11.1 Å². The Bertz CT molecular complexity index is 466. The van der Waals surface area contributed by atoms with Crippen LogP contribution in [0.1, 0.15) is 13.0 Å². The van der Waals surface area contributed by atoms with Gasteiger partial charge in [-0.05, 0) is 6.92 Å². The van der Waals surface area contributed by atoms with Gasteiger partial charge in [-0.2, -0.15) is 4.98 Å². The van der Waals surface area contributed by atoms with E-state index in [2.05, 4.69) is 4.98 Å². The molecule has 8 heteroatoms. The van der Waals surface area contributed by atoms with Crippen LogP contribution in [-0.2, 0) is 4.79 Å². The summed E-state index contributed by atoms with van der Waals surface area (Å²) >= 11 is 0. The monoisotopic (exact) mass is 213 g/mol. The van der Waals surface area contributed by atoms with Crippen molar-refractivity contribution in [1.29, 1.82) is 0 Å². The second-order valence-corrected chi connectivity index (χ2v) is 2.77. The molecule has 0 aliphatic heterocycles. The zero-order valence-electron chi connectivity index (χ0n) is 7.65. The average molecular weight is 213 g/mol. The third-order valence-corrected chi connectivity index (χ3v) is 1.78. The Morgan fingerprint density at radius 1 is 1.73 bits per heavy atom. The van der Waals surface area contributed by atoms with E-state index in [9.17, 15) is 19.7 Å². The number of hydrogen-bond donors (Lipinski definition) is 1. The number of rotatable bonds is 3. The summed E-state index contributed by atoms with van der Waals surface area (Å²) in [5.41, 5.74) is -1.27. The topological polar surface area (TPSA) is 115 Å². The van der Waals surface area contributed by atoms with Crippen molar-refractivity contribution in [3.63, 3.8) is 0 Å². The van der Waals surface area contributed by atoms with Crippen molar-refractivity contribution in [2.24, 2.45) is 0 Å². The summed E-state index contributed by atoms with van der Waals surface area (Å²) < 4.78 is 0.695. The van der Waals surface area contributed by atoms with Gasteiger partial charge < -0.3 is 5.11 Å². The Morgan fingerprint density at radius 3 is 2.80 bits per heavy atom. The molecule has 8 nitrogen and oxygen atoms in total. The lowest BCUT2D eigenvalue weighted by Crippen LogP contribution is -2.29. The first-order chi connectivity index (χ1) is 6.93. The normalized spacial score (nSPS) is 12.1. The highest BCUT2D eigenvalue weighted by Gasteiger charge is 2.18. The van der Waals surface area contributed by atoms with E-state index in [-0.39, 0.29) is 0 Å². The van der Waals surface area contributed by atoms with Crippen molar-refractivity contribution in [2.75, 3.05) is 0 Å². The van der Waals surface area contributed by atoms with E-state index in [0.717, 1.165) is 12.4 Å². The molecule has 1 aromatic heterocycles. The molecular formula is C7H7N3O5. The summed E-state index contributed by atoms with van der Waals surface area (Å²) in [4.78, 5) is 34.5. The Labute approximate surface area is 82.9 Å². The molecule has 80 valence electrons. The first-order valence-electron chi connectivity index (χ1n) is 3.89. The second-order valence-electron chi connectivity index (χ2n) is 2.77. The molecule has 15 heavy (non-hydrogen) atoms. The number of hydrogen-bond acceptors (Lipinski definition) is 5. The van der Waals surface area contributed by atoms with E-state index in [1.165, 1.54) is 6.92 Å². The molecule has 1 heterocycles. The first kappa shape index (κ1) is 10.8. The van der Waals surface area contributed by atoms with Crippen LogP contribution in [0.15, 0.2) is 17.2 Å². The van der Waals surface area contributed by atoms with Crippen LogP contribution in [0, 0.1) is 10.1 Å². The SMILES string of the molecule is C[C@@H](C(=O)O)n1cc([N+](=O)[O-])cnc1=O. The maximum Gasteiger partial charge on any atom is 0.348 e. The predicted octanol–water partition coefficient (Wildman–Crippen LogP) is -0.203. The standard InChI is InChI=1S/C7H7N3O5/c1-4(6(11)12)9-3-5(10(14)15)2-8-7(9)13/h2-4H,1H3,(H,11,12)/t4-/m0/s1. The maximum absolute atomic E-state index is 11.1. The molecule has 0 bridgehead atoms. The fourth-order valence-electron chi connectivity index (χ4n) is 0.910. The number of carbonyl (C=O) groups is 1. The predicted molar refractivity (Wildman–Crippen MR) is 47.5 cm³/mol. The van der Waals surface area contributed by atoms with E-state index in [4.69, 9.17) is 5.11 Å². The van der Waals surface area contributed by atoms with E-state index in [1.54, 1.807) is 0 Å². The zero-order chi connectivity index (χ0) is 11.6. The second kappa shape index (κ2) is 3.86. The average Bonchev–Trinajstić information content (AvgIpc) is 2.16. The zero-order valence-corrected chi connectivity index (χ0v) is 7.65. The van der Waals surface area contributed by atoms with Crippen LogP contribution in [0.5, 0.6) is 0 Å². The molecule has 0 amide bonds. The molecule has 0 aromatic carbocycles. The molecule has 0 spiro atoms. The van der Waals surface area contributed by atoms with Crippen molar-refractivity contribution < 1.29 is 14.8 Å². The third kappa shape index (κ3) is 2.16. The van der Waals surface area contributed by atoms with Crippen LogP contribution in [0.3, 0.4) is 0 Å². The minimum absolute atomic E-state index is 0.428. The van der Waals surface area contributed by atoms with Gasteiger partial charge in [-0.25, -0.2) is 9.59 Å². The minimum Gasteiger partial charge on any atom is -0.480 e. The smallest absolute Gasteiger partial charge is 0.348 e. The van der Waals surface area contributed by atoms with Crippen LogP contribution >= 0.6 is 0 Å². The first-order valence-corrected chi connectivity index (χ1v) is 3.89. The Kier molecular flexibility index (Phi) is 2.79. The largest absolute Gasteiger partial charge is 0.480 e. The molecule has 0 unspecified atom stereocenters. The van der Waals surface area contributed by atoms with Crippen molar-refractivity contribution >= 4 is 11.7 Å². The van der Waals surface area contributed by atoms with Gasteiger partial charge in [0.1, 0.15) is 12.2 Å². The molecule has 0 saturated carbocycles. The Balaban J connectivity index is 3.28. The highest BCUT2D eigenvalue weighted by Crippen LogP contribution is 2.09. The lowest BCUT2D eigenvalue weighted by molar-refractivity contribution is -0.385. The number of aromatic nitrogens is 2. The lowest BCUT2D eigenvalue weighted by Gasteiger charge is -2.08. The molecular weight excluding hydrogens is 206 g/mol. The van der Waals surface area contributed by atoms with Gasteiger partial charge in [0.15, 0.2) is 0 Å². The molecule has 0 aliphatic carbocycles. The quantitative estimate of drug-likeness (QED) is 0.548. The summed E-state index contributed by atoms with van der Waals surface area (Å²) in [5, 5.41) is 19.0. The van der Waals surface area contributed by atoms with Crippen LogP contribution in [-0.4, -0.2) is 25.6 Å². The third-order valence-electron chi connectivity index (χ3n) is 1.78. The van der Waals surface area contributed by atoms with Crippen LogP contribution in [0.2, 0.25) is 0 Å². The minimum atomic E-state index is -1.26. The van der Waals surface area contributed by atoms with E-state index in [0.29, 0.717) is 4.57 Å². The van der Waals surface area contributed by atoms with Gasteiger partial charge in [-0.3, -0.25) is 14.7 Å². The van der Waals surface area contributed by atoms with Crippen LogP contribution < -0.4 is 5.69 Å². The lowest BCUT2D eigenvalue weighted by atomic mass is 10.3. The van der Waals surface area contributed by atoms with Crippen molar-refractivity contribution in [3.05, 3.63) is 33.0 Å². The molecule has 0 radical (unpaired) electrons. The van der Waals surface area contributed by atoms with Crippen LogP contribution in [0.4, 0.5) is 5.69 Å². The summed E-state index contributed by atoms with van der Waals surface area (Å²) in [6, 6.07) is -1.19. The highest BCUT2D eigenvalue weighted by molar-refractivity contribution is 5.71. The van der Waals surface area contributed by atoms with Crippen molar-refractivity contribution in [3.8, 4) is 0 Å². The maximum atomic E-state index is 11.1. The number of carboxylic acid groups (broad SMARTS) is 1. The van der Waals surface area contributed by atoms with Gasteiger partial charge in [0.25, 0.3) is 0 Å². The molecule has 0 saturated heterocycles. The molecule has 0 aliphatic rings. The summed E-state index contributed by atoms with van der Waals surface area (Å²) in [7, 11) is 0. The highest BCUT2D eigenvalue weighted by atomic mass is 16.6. The Hall–Kier alpha value is -2.25. The van der Waals surface area contributed by atoms with Gasteiger partial charge in [0, 0.05) is 0 Å². The number of nitro groups is 1. The molecule has 1 N–H and O–H groups in total.